The highest BCUT2D eigenvalue weighted by atomic mass is 32.2. The first-order valence-electron chi connectivity index (χ1n) is 7.79. The molecule has 0 bridgehead atoms. The number of fused-ring (bicyclic) bond motifs is 1. The molecular weight excluding hydrogens is 410 g/mol. The van der Waals surface area contributed by atoms with Crippen molar-refractivity contribution in [1.29, 1.82) is 0 Å². The Hall–Kier alpha value is -2.05. The third kappa shape index (κ3) is 4.45. The van der Waals surface area contributed by atoms with E-state index >= 15 is 0 Å². The maximum atomic E-state index is 12.1. The summed E-state index contributed by atoms with van der Waals surface area (Å²) < 4.78 is 55.1. The maximum Gasteiger partial charge on any atom is 0.294 e. The van der Waals surface area contributed by atoms with Crippen molar-refractivity contribution in [1.82, 2.24) is 14.5 Å². The lowest BCUT2D eigenvalue weighted by Gasteiger charge is -2.01. The van der Waals surface area contributed by atoms with E-state index in [1.54, 1.807) is 35.8 Å². The minimum atomic E-state index is -4.02. The van der Waals surface area contributed by atoms with E-state index in [1.165, 1.54) is 23.5 Å². The molecule has 0 amide bonds. The number of nitrogens with one attached hydrogen (secondary N) is 1. The van der Waals surface area contributed by atoms with Crippen LogP contribution in [0.25, 0.3) is 0 Å². The SMILES string of the molecule is Cc1ccc(S(=O)(=O)O)cc1.O=S(=O)(c1cccs1)n1cc2c(n1)CNC2. The van der Waals surface area contributed by atoms with Gasteiger partial charge in [-0.15, -0.1) is 11.3 Å². The van der Waals surface area contributed by atoms with Gasteiger partial charge in [0.25, 0.3) is 20.1 Å². The van der Waals surface area contributed by atoms with Gasteiger partial charge in [-0.05, 0) is 30.5 Å². The minimum Gasteiger partial charge on any atom is -0.307 e. The second kappa shape index (κ2) is 7.52. The van der Waals surface area contributed by atoms with E-state index in [-0.39, 0.29) is 4.90 Å². The van der Waals surface area contributed by atoms with Crippen molar-refractivity contribution in [3.8, 4) is 0 Å². The molecule has 3 aromatic rings. The first-order chi connectivity index (χ1) is 12.7. The lowest BCUT2D eigenvalue weighted by Crippen LogP contribution is -2.14. The van der Waals surface area contributed by atoms with Crippen LogP contribution in [0.15, 0.2) is 57.1 Å². The van der Waals surface area contributed by atoms with E-state index in [0.717, 1.165) is 20.9 Å². The van der Waals surface area contributed by atoms with Crippen LogP contribution in [0.1, 0.15) is 16.8 Å². The van der Waals surface area contributed by atoms with E-state index in [9.17, 15) is 16.8 Å². The summed E-state index contributed by atoms with van der Waals surface area (Å²) >= 11 is 1.20. The average Bonchev–Trinajstić information content (AvgIpc) is 3.32. The van der Waals surface area contributed by atoms with Crippen molar-refractivity contribution in [2.45, 2.75) is 29.1 Å². The Balaban J connectivity index is 0.000000168. The number of hydrogen-bond donors (Lipinski definition) is 2. The van der Waals surface area contributed by atoms with Crippen molar-refractivity contribution >= 4 is 31.5 Å². The van der Waals surface area contributed by atoms with Crippen LogP contribution >= 0.6 is 11.3 Å². The molecule has 144 valence electrons. The molecule has 0 spiro atoms. The van der Waals surface area contributed by atoms with Gasteiger partial charge in [-0.1, -0.05) is 23.8 Å². The number of nitrogens with zero attached hydrogens (tertiary/aromatic N) is 2. The van der Waals surface area contributed by atoms with Gasteiger partial charge in [0.15, 0.2) is 0 Å². The predicted molar refractivity (Wildman–Crippen MR) is 101 cm³/mol. The summed E-state index contributed by atoms with van der Waals surface area (Å²) in [6, 6.07) is 9.29. The van der Waals surface area contributed by atoms with Crippen molar-refractivity contribution in [3.63, 3.8) is 0 Å². The van der Waals surface area contributed by atoms with Crippen molar-refractivity contribution in [2.24, 2.45) is 0 Å². The predicted octanol–water partition coefficient (Wildman–Crippen LogP) is 2.03. The normalized spacial score (nSPS) is 13.7. The van der Waals surface area contributed by atoms with Gasteiger partial charge in [-0.25, -0.2) is 0 Å². The molecule has 0 unspecified atom stereocenters. The molecule has 0 atom stereocenters. The van der Waals surface area contributed by atoms with E-state index in [2.05, 4.69) is 10.4 Å². The first kappa shape index (κ1) is 19.7. The number of rotatable bonds is 3. The van der Waals surface area contributed by atoms with Gasteiger partial charge in [-0.3, -0.25) is 4.55 Å². The van der Waals surface area contributed by atoms with Crippen molar-refractivity contribution in [2.75, 3.05) is 0 Å². The molecule has 0 radical (unpaired) electrons. The van der Waals surface area contributed by atoms with Crippen molar-refractivity contribution in [3.05, 3.63) is 64.8 Å². The van der Waals surface area contributed by atoms with Crippen LogP contribution < -0.4 is 5.32 Å². The van der Waals surface area contributed by atoms with Crippen LogP contribution in [-0.2, 0) is 33.2 Å². The van der Waals surface area contributed by atoms with Gasteiger partial charge in [0, 0.05) is 24.8 Å². The molecule has 0 fully saturated rings. The third-order valence-corrected chi connectivity index (χ3v) is 7.55. The van der Waals surface area contributed by atoms with Gasteiger partial charge in [0.1, 0.15) is 4.21 Å². The van der Waals surface area contributed by atoms with Gasteiger partial charge >= 0.3 is 0 Å². The number of thiophene rings is 1. The molecule has 1 aliphatic rings. The van der Waals surface area contributed by atoms with Crippen LogP contribution in [0.4, 0.5) is 0 Å². The highest BCUT2D eigenvalue weighted by molar-refractivity contribution is 7.91. The topological polar surface area (TPSA) is 118 Å². The summed E-state index contributed by atoms with van der Waals surface area (Å²) in [7, 11) is -7.50. The Morgan fingerprint density at radius 1 is 1.11 bits per heavy atom. The monoisotopic (exact) mass is 427 g/mol. The number of benzene rings is 1. The maximum absolute atomic E-state index is 12.1. The van der Waals surface area contributed by atoms with Gasteiger partial charge in [0.2, 0.25) is 0 Å². The van der Waals surface area contributed by atoms with E-state index in [4.69, 9.17) is 4.55 Å². The molecule has 0 aliphatic carbocycles. The lowest BCUT2D eigenvalue weighted by molar-refractivity contribution is 0.483. The van der Waals surface area contributed by atoms with Crippen molar-refractivity contribution < 1.29 is 21.4 Å². The fourth-order valence-corrected chi connectivity index (χ4v) is 5.09. The second-order valence-corrected chi connectivity index (χ2v) is 10.2. The Morgan fingerprint density at radius 3 is 2.37 bits per heavy atom. The van der Waals surface area contributed by atoms with Crippen LogP contribution in [0.3, 0.4) is 0 Å². The molecule has 4 rings (SSSR count). The molecule has 8 nitrogen and oxygen atoms in total. The average molecular weight is 428 g/mol. The van der Waals surface area contributed by atoms with Gasteiger partial charge < -0.3 is 5.32 Å². The zero-order chi connectivity index (χ0) is 19.7. The third-order valence-electron chi connectivity index (χ3n) is 3.78. The summed E-state index contributed by atoms with van der Waals surface area (Å²) in [5, 5.41) is 8.95. The number of hydrogen-bond acceptors (Lipinski definition) is 7. The van der Waals surface area contributed by atoms with E-state index in [1.807, 2.05) is 6.92 Å². The summed E-state index contributed by atoms with van der Waals surface area (Å²) in [5.41, 5.74) is 2.73. The molecule has 11 heteroatoms. The molecule has 2 N–H and O–H groups in total. The fraction of sp³-hybridized carbons (Fsp3) is 0.188. The molecule has 0 saturated heterocycles. The Labute approximate surface area is 161 Å². The fourth-order valence-electron chi connectivity index (χ4n) is 2.37. The van der Waals surface area contributed by atoms with Crippen LogP contribution in [0.2, 0.25) is 0 Å². The summed E-state index contributed by atoms with van der Waals surface area (Å²) in [6.45, 7) is 3.17. The van der Waals surface area contributed by atoms with Gasteiger partial charge in [0.05, 0.1) is 10.6 Å². The molecule has 1 aliphatic heterocycles. The van der Waals surface area contributed by atoms with E-state index in [0.29, 0.717) is 17.3 Å². The number of aromatic nitrogens is 2. The van der Waals surface area contributed by atoms with E-state index < -0.39 is 20.1 Å². The lowest BCUT2D eigenvalue weighted by atomic mass is 10.2. The first-order valence-corrected chi connectivity index (χ1v) is 11.6. The summed E-state index contributed by atoms with van der Waals surface area (Å²) in [4.78, 5) is -0.0666. The smallest absolute Gasteiger partial charge is 0.294 e. The molecule has 1 aromatic carbocycles. The minimum absolute atomic E-state index is 0.0666. The largest absolute Gasteiger partial charge is 0.307 e. The molecule has 2 aromatic heterocycles. The highest BCUT2D eigenvalue weighted by Crippen LogP contribution is 2.21. The zero-order valence-corrected chi connectivity index (χ0v) is 16.7. The zero-order valence-electron chi connectivity index (χ0n) is 14.2. The molecule has 0 saturated carbocycles. The second-order valence-electron chi connectivity index (χ2n) is 5.80. The van der Waals surface area contributed by atoms with Gasteiger partial charge in [-0.2, -0.15) is 26.0 Å². The van der Waals surface area contributed by atoms with Crippen LogP contribution in [0, 0.1) is 6.92 Å². The Bertz CT molecular complexity index is 1110. The molecular formula is C16H17N3O5S3. The summed E-state index contributed by atoms with van der Waals surface area (Å²) in [5.74, 6) is 0. The Kier molecular flexibility index (Phi) is 5.49. The standard InChI is InChI=1S/C9H9N3O2S2.C7H8O3S/c13-16(14,9-2-1-3-15-9)12-6-7-4-10-5-8(7)11-12;1-6-2-4-7(5-3-6)11(8,9)10/h1-3,6,10H,4-5H2;2-5H,1H3,(H,8,9,10). The highest BCUT2D eigenvalue weighted by Gasteiger charge is 2.23. The van der Waals surface area contributed by atoms with Crippen LogP contribution in [-0.4, -0.2) is 30.6 Å². The number of aryl methyl sites for hydroxylation is 1. The molecule has 27 heavy (non-hydrogen) atoms. The molecule has 3 heterocycles. The van der Waals surface area contributed by atoms with Crippen LogP contribution in [0.5, 0.6) is 0 Å². The Morgan fingerprint density at radius 2 is 1.81 bits per heavy atom. The quantitative estimate of drug-likeness (QED) is 0.614. The summed E-state index contributed by atoms with van der Waals surface area (Å²) in [6.07, 6.45) is 1.59.